The van der Waals surface area contributed by atoms with Crippen LogP contribution in [0.3, 0.4) is 0 Å². The Labute approximate surface area is 152 Å². The van der Waals surface area contributed by atoms with E-state index in [4.69, 9.17) is 9.47 Å². The summed E-state index contributed by atoms with van der Waals surface area (Å²) in [7, 11) is 0. The van der Waals surface area contributed by atoms with Crippen LogP contribution in [0.15, 0.2) is 35.9 Å². The number of carbonyl (C=O) groups is 3. The van der Waals surface area contributed by atoms with E-state index in [1.54, 1.807) is 0 Å². The molecular formula is C17H17BrFNO5. The van der Waals surface area contributed by atoms with Crippen molar-refractivity contribution in [3.63, 3.8) is 0 Å². The molecule has 0 bridgehead atoms. The minimum absolute atomic E-state index is 0.201. The zero-order valence-corrected chi connectivity index (χ0v) is 15.3. The first-order valence-electron chi connectivity index (χ1n) is 7.56. The lowest BCUT2D eigenvalue weighted by molar-refractivity contribution is -0.142. The van der Waals surface area contributed by atoms with Gasteiger partial charge in [0.25, 0.3) is 5.78 Å². The van der Waals surface area contributed by atoms with Crippen molar-refractivity contribution in [1.29, 1.82) is 0 Å². The first kappa shape index (κ1) is 19.1. The average Bonchev–Trinajstić information content (AvgIpc) is 2.78. The van der Waals surface area contributed by atoms with Crippen molar-refractivity contribution in [2.45, 2.75) is 32.3 Å². The van der Waals surface area contributed by atoms with E-state index in [2.05, 4.69) is 21.2 Å². The third kappa shape index (κ3) is 4.25. The second-order valence-electron chi connectivity index (χ2n) is 5.56. The molecule has 1 aliphatic rings. The first-order chi connectivity index (χ1) is 11.8. The van der Waals surface area contributed by atoms with Crippen LogP contribution in [0, 0.1) is 5.82 Å². The van der Waals surface area contributed by atoms with Gasteiger partial charge in [-0.05, 0) is 25.5 Å². The van der Waals surface area contributed by atoms with Crippen molar-refractivity contribution in [3.8, 4) is 0 Å². The van der Waals surface area contributed by atoms with Gasteiger partial charge in [0.1, 0.15) is 5.82 Å². The highest BCUT2D eigenvalue weighted by Crippen LogP contribution is 2.38. The fraction of sp³-hybridized carbons (Fsp3) is 0.353. The molecule has 1 unspecified atom stereocenters. The molecule has 1 amide bonds. The number of hydrogen-bond acceptors (Lipinski definition) is 5. The van der Waals surface area contributed by atoms with Crippen molar-refractivity contribution in [2.24, 2.45) is 0 Å². The van der Waals surface area contributed by atoms with Crippen LogP contribution in [0.25, 0.3) is 0 Å². The minimum atomic E-state index is -1.53. The fourth-order valence-electron chi connectivity index (χ4n) is 2.31. The van der Waals surface area contributed by atoms with E-state index in [-0.39, 0.29) is 24.0 Å². The number of esters is 1. The van der Waals surface area contributed by atoms with E-state index >= 15 is 0 Å². The van der Waals surface area contributed by atoms with Crippen LogP contribution in [-0.4, -0.2) is 23.0 Å². The lowest BCUT2D eigenvalue weighted by Gasteiger charge is -2.23. The van der Waals surface area contributed by atoms with Gasteiger partial charge in [0.15, 0.2) is 5.60 Å². The van der Waals surface area contributed by atoms with E-state index in [9.17, 15) is 18.8 Å². The van der Waals surface area contributed by atoms with Gasteiger partial charge in [-0.1, -0.05) is 28.1 Å². The molecule has 0 aliphatic carbocycles. The summed E-state index contributed by atoms with van der Waals surface area (Å²) in [6.45, 7) is 2.60. The highest BCUT2D eigenvalue weighted by atomic mass is 79.9. The number of halogens is 2. The topological polar surface area (TPSA) is 81.7 Å². The summed E-state index contributed by atoms with van der Waals surface area (Å²) in [5.41, 5.74) is -1.16. The molecule has 0 saturated heterocycles. The predicted octanol–water partition coefficient (Wildman–Crippen LogP) is 2.66. The van der Waals surface area contributed by atoms with Crippen molar-refractivity contribution in [3.05, 3.63) is 47.3 Å². The van der Waals surface area contributed by atoms with Gasteiger partial charge < -0.3 is 9.47 Å². The molecule has 2 rings (SSSR count). The number of ketones is 1. The van der Waals surface area contributed by atoms with Gasteiger partial charge in [0, 0.05) is 24.2 Å². The monoisotopic (exact) mass is 413 g/mol. The number of amides is 1. The molecule has 1 atom stereocenters. The van der Waals surface area contributed by atoms with E-state index in [0.29, 0.717) is 17.3 Å². The quantitative estimate of drug-likeness (QED) is 0.572. The van der Waals surface area contributed by atoms with Crippen molar-refractivity contribution >= 4 is 33.6 Å². The highest BCUT2D eigenvalue weighted by Gasteiger charge is 2.49. The Morgan fingerprint density at radius 3 is 2.52 bits per heavy atom. The van der Waals surface area contributed by atoms with Gasteiger partial charge in [-0.3, -0.25) is 19.7 Å². The van der Waals surface area contributed by atoms with Gasteiger partial charge in [0.2, 0.25) is 17.5 Å². The number of rotatable bonds is 6. The van der Waals surface area contributed by atoms with Gasteiger partial charge in [0.05, 0.1) is 0 Å². The van der Waals surface area contributed by atoms with Crippen molar-refractivity contribution < 1.29 is 28.2 Å². The van der Waals surface area contributed by atoms with Crippen molar-refractivity contribution in [2.75, 3.05) is 5.33 Å². The number of alkyl halides is 1. The third-order valence-corrected chi connectivity index (χ3v) is 4.14. The van der Waals surface area contributed by atoms with Crippen LogP contribution >= 0.6 is 15.9 Å². The molecule has 0 spiro atoms. The van der Waals surface area contributed by atoms with E-state index in [0.717, 1.165) is 6.92 Å². The molecule has 0 saturated carbocycles. The third-order valence-electron chi connectivity index (χ3n) is 3.58. The molecule has 1 aliphatic heterocycles. The molecule has 1 heterocycles. The molecule has 6 nitrogen and oxygen atoms in total. The fourth-order valence-corrected chi connectivity index (χ4v) is 2.59. The number of ether oxygens (including phenoxy) is 2. The maximum Gasteiger partial charge on any atom is 0.308 e. The molecule has 1 aromatic rings. The Morgan fingerprint density at radius 2 is 1.96 bits per heavy atom. The second kappa shape index (κ2) is 7.77. The summed E-state index contributed by atoms with van der Waals surface area (Å²) < 4.78 is 23.7. The SMILES string of the molecule is CC(=O)OC1=C(NC(=O)CCCBr)OC(C)(c2ccc(F)cc2)C1=O. The number of Topliss-reactive ketones (excluding diaryl/α,β-unsaturated/α-hetero) is 1. The molecule has 0 fully saturated rings. The van der Waals surface area contributed by atoms with Gasteiger partial charge in [-0.15, -0.1) is 0 Å². The molecule has 8 heteroatoms. The maximum atomic E-state index is 13.1. The van der Waals surface area contributed by atoms with Crippen molar-refractivity contribution in [1.82, 2.24) is 5.32 Å². The Kier molecular flexibility index (Phi) is 5.94. The largest absolute Gasteiger partial charge is 0.456 e. The summed E-state index contributed by atoms with van der Waals surface area (Å²) in [6, 6.07) is 5.17. The van der Waals surface area contributed by atoms with E-state index in [1.807, 2.05) is 0 Å². The van der Waals surface area contributed by atoms with Gasteiger partial charge in [-0.2, -0.15) is 0 Å². The normalized spacial score (nSPS) is 19.6. The molecular weight excluding hydrogens is 397 g/mol. The summed E-state index contributed by atoms with van der Waals surface area (Å²) in [5, 5.41) is 3.10. The number of nitrogens with one attached hydrogen (secondary N) is 1. The Bertz CT molecular complexity index is 731. The van der Waals surface area contributed by atoms with Crippen LogP contribution < -0.4 is 5.32 Å². The van der Waals surface area contributed by atoms with E-state index < -0.39 is 23.2 Å². The zero-order chi connectivity index (χ0) is 18.6. The average molecular weight is 414 g/mol. The van der Waals surface area contributed by atoms with Crippen LogP contribution in [0.1, 0.15) is 32.3 Å². The number of carbonyl (C=O) groups excluding carboxylic acids is 3. The Balaban J connectivity index is 2.32. The lowest BCUT2D eigenvalue weighted by atomic mass is 9.91. The maximum absolute atomic E-state index is 13.1. The molecule has 0 aromatic heterocycles. The number of benzene rings is 1. The second-order valence-corrected chi connectivity index (χ2v) is 6.36. The molecule has 25 heavy (non-hydrogen) atoms. The summed E-state index contributed by atoms with van der Waals surface area (Å²) in [6.07, 6.45) is 0.790. The molecule has 134 valence electrons. The summed E-state index contributed by atoms with van der Waals surface area (Å²) in [5.74, 6) is -2.78. The van der Waals surface area contributed by atoms with Crippen LogP contribution in [-0.2, 0) is 29.5 Å². The minimum Gasteiger partial charge on any atom is -0.456 e. The van der Waals surface area contributed by atoms with Crippen LogP contribution in [0.4, 0.5) is 4.39 Å². The zero-order valence-electron chi connectivity index (χ0n) is 13.7. The molecule has 1 aromatic carbocycles. The van der Waals surface area contributed by atoms with Gasteiger partial charge >= 0.3 is 5.97 Å². The number of hydrogen-bond donors (Lipinski definition) is 1. The Morgan fingerprint density at radius 1 is 1.32 bits per heavy atom. The Hall–Kier alpha value is -2.22. The van der Waals surface area contributed by atoms with Gasteiger partial charge in [-0.25, -0.2) is 4.39 Å². The summed E-state index contributed by atoms with van der Waals surface area (Å²) >= 11 is 3.22. The van der Waals surface area contributed by atoms with Crippen LogP contribution in [0.2, 0.25) is 0 Å². The smallest absolute Gasteiger partial charge is 0.308 e. The summed E-state index contributed by atoms with van der Waals surface area (Å²) in [4.78, 5) is 36.0. The van der Waals surface area contributed by atoms with E-state index in [1.165, 1.54) is 31.2 Å². The standard InChI is InChI=1S/C17H17BrFNO5/c1-10(21)24-14-15(23)17(2,11-5-7-12(19)8-6-11)25-16(14)20-13(22)4-3-9-18/h5-8H,3-4,9H2,1-2H3,(H,20,22). The predicted molar refractivity (Wildman–Crippen MR) is 89.8 cm³/mol. The molecule has 1 N–H and O–H groups in total. The molecule has 0 radical (unpaired) electrons. The lowest BCUT2D eigenvalue weighted by Crippen LogP contribution is -2.32. The van der Waals surface area contributed by atoms with Crippen LogP contribution in [0.5, 0.6) is 0 Å². The highest BCUT2D eigenvalue weighted by molar-refractivity contribution is 9.09. The first-order valence-corrected chi connectivity index (χ1v) is 8.68.